The van der Waals surface area contributed by atoms with Crippen LogP contribution in [0.4, 0.5) is 10.5 Å². The van der Waals surface area contributed by atoms with Gasteiger partial charge in [0.1, 0.15) is 17.6 Å². The second-order valence-electron chi connectivity index (χ2n) is 5.43. The summed E-state index contributed by atoms with van der Waals surface area (Å²) in [6.45, 7) is 1.24. The molecule has 0 radical (unpaired) electrons. The first kappa shape index (κ1) is 18.3. The Morgan fingerprint density at radius 1 is 1.20 bits per heavy atom. The van der Waals surface area contributed by atoms with E-state index in [1.54, 1.807) is 61.5 Å². The summed E-state index contributed by atoms with van der Waals surface area (Å²) in [5.74, 6) is 1.09. The minimum atomic E-state index is -0.181. The van der Waals surface area contributed by atoms with Crippen molar-refractivity contribution in [2.24, 2.45) is 0 Å². The summed E-state index contributed by atoms with van der Waals surface area (Å²) in [5.41, 5.74) is 1.14. The third kappa shape index (κ3) is 5.52. The minimum absolute atomic E-state index is 0.181. The van der Waals surface area contributed by atoms with Crippen molar-refractivity contribution in [1.82, 2.24) is 4.90 Å². The fourth-order valence-electron chi connectivity index (χ4n) is 2.15. The molecule has 0 fully saturated rings. The van der Waals surface area contributed by atoms with Gasteiger partial charge in [-0.05, 0) is 42.8 Å². The number of methoxy groups -OCH3 is 1. The number of hydrogen-bond acceptors (Lipinski definition) is 4. The number of hydrogen-bond donors (Lipinski definition) is 1. The quantitative estimate of drug-likeness (QED) is 0.778. The van der Waals surface area contributed by atoms with Gasteiger partial charge in [0.15, 0.2) is 0 Å². The van der Waals surface area contributed by atoms with Gasteiger partial charge in [-0.3, -0.25) is 0 Å². The van der Waals surface area contributed by atoms with E-state index < -0.39 is 0 Å². The predicted octanol–water partition coefficient (Wildman–Crippen LogP) is 3.85. The SMILES string of the molecule is COCCCN(C)C(=O)Nc1ccc(Oc2ccccc2C#N)cc1. The first-order chi connectivity index (χ1) is 12.1. The van der Waals surface area contributed by atoms with Crippen molar-refractivity contribution in [3.05, 3.63) is 54.1 Å². The number of carbonyl (C=O) groups is 1. The molecule has 0 saturated carbocycles. The molecule has 25 heavy (non-hydrogen) atoms. The maximum Gasteiger partial charge on any atom is 0.321 e. The van der Waals surface area contributed by atoms with Crippen LogP contribution in [0.15, 0.2) is 48.5 Å². The zero-order chi connectivity index (χ0) is 18.1. The van der Waals surface area contributed by atoms with Crippen LogP contribution in [0.25, 0.3) is 0 Å². The van der Waals surface area contributed by atoms with E-state index in [1.165, 1.54) is 0 Å². The molecule has 0 spiro atoms. The van der Waals surface area contributed by atoms with Crippen LogP contribution in [0.1, 0.15) is 12.0 Å². The van der Waals surface area contributed by atoms with E-state index in [9.17, 15) is 4.79 Å². The molecule has 6 heteroatoms. The van der Waals surface area contributed by atoms with E-state index in [2.05, 4.69) is 11.4 Å². The molecule has 130 valence electrons. The first-order valence-corrected chi connectivity index (χ1v) is 7.92. The topological polar surface area (TPSA) is 74.6 Å². The van der Waals surface area contributed by atoms with E-state index in [0.29, 0.717) is 35.9 Å². The van der Waals surface area contributed by atoms with Crippen LogP contribution < -0.4 is 10.1 Å². The molecule has 2 aromatic carbocycles. The number of urea groups is 1. The third-order valence-corrected chi connectivity index (χ3v) is 3.53. The van der Waals surface area contributed by atoms with Gasteiger partial charge in [0, 0.05) is 33.0 Å². The van der Waals surface area contributed by atoms with Crippen LogP contribution in [0.3, 0.4) is 0 Å². The predicted molar refractivity (Wildman–Crippen MR) is 95.8 cm³/mol. The fraction of sp³-hybridized carbons (Fsp3) is 0.263. The maximum absolute atomic E-state index is 12.1. The molecule has 0 aromatic heterocycles. The highest BCUT2D eigenvalue weighted by molar-refractivity contribution is 5.89. The molecule has 0 unspecified atom stereocenters. The lowest BCUT2D eigenvalue weighted by molar-refractivity contribution is 0.179. The van der Waals surface area contributed by atoms with Crippen molar-refractivity contribution >= 4 is 11.7 Å². The Balaban J connectivity index is 1.93. The molecular weight excluding hydrogens is 318 g/mol. The Morgan fingerprint density at radius 2 is 1.92 bits per heavy atom. The average molecular weight is 339 g/mol. The van der Waals surface area contributed by atoms with Crippen molar-refractivity contribution in [1.29, 1.82) is 5.26 Å². The maximum atomic E-state index is 12.1. The summed E-state index contributed by atoms with van der Waals surface area (Å²) < 4.78 is 10.7. The molecule has 0 bridgehead atoms. The van der Waals surface area contributed by atoms with Crippen LogP contribution in [-0.4, -0.2) is 38.2 Å². The van der Waals surface area contributed by atoms with E-state index >= 15 is 0 Å². The van der Waals surface area contributed by atoms with Gasteiger partial charge in [0.2, 0.25) is 0 Å². The molecule has 2 amide bonds. The van der Waals surface area contributed by atoms with Crippen molar-refractivity contribution in [2.75, 3.05) is 32.6 Å². The highest BCUT2D eigenvalue weighted by Gasteiger charge is 2.09. The number of benzene rings is 2. The van der Waals surface area contributed by atoms with E-state index in [-0.39, 0.29) is 6.03 Å². The number of nitrogens with zero attached hydrogens (tertiary/aromatic N) is 2. The highest BCUT2D eigenvalue weighted by atomic mass is 16.5. The van der Waals surface area contributed by atoms with Crippen LogP contribution in [-0.2, 0) is 4.74 Å². The van der Waals surface area contributed by atoms with Crippen molar-refractivity contribution in [3.8, 4) is 17.6 Å². The monoisotopic (exact) mass is 339 g/mol. The van der Waals surface area contributed by atoms with Gasteiger partial charge in [-0.15, -0.1) is 0 Å². The fourth-order valence-corrected chi connectivity index (χ4v) is 2.15. The van der Waals surface area contributed by atoms with Crippen molar-refractivity contribution in [3.63, 3.8) is 0 Å². The van der Waals surface area contributed by atoms with Gasteiger partial charge in [0.25, 0.3) is 0 Å². The summed E-state index contributed by atoms with van der Waals surface area (Å²) in [7, 11) is 3.38. The van der Waals surface area contributed by atoms with Crippen LogP contribution in [0.5, 0.6) is 11.5 Å². The van der Waals surface area contributed by atoms with Gasteiger partial charge in [0.05, 0.1) is 5.56 Å². The molecule has 0 atom stereocenters. The summed E-state index contributed by atoms with van der Waals surface area (Å²) in [6, 6.07) is 15.9. The van der Waals surface area contributed by atoms with Gasteiger partial charge >= 0.3 is 6.03 Å². The first-order valence-electron chi connectivity index (χ1n) is 7.92. The van der Waals surface area contributed by atoms with Crippen LogP contribution in [0.2, 0.25) is 0 Å². The summed E-state index contributed by atoms with van der Waals surface area (Å²) >= 11 is 0. The number of nitrogens with one attached hydrogen (secondary N) is 1. The lowest BCUT2D eigenvalue weighted by Crippen LogP contribution is -2.32. The molecule has 0 aliphatic rings. The zero-order valence-electron chi connectivity index (χ0n) is 14.4. The second kappa shape index (κ2) is 9.30. The third-order valence-electron chi connectivity index (χ3n) is 3.53. The van der Waals surface area contributed by atoms with Gasteiger partial charge in [-0.1, -0.05) is 12.1 Å². The number of anilines is 1. The van der Waals surface area contributed by atoms with Crippen LogP contribution in [0, 0.1) is 11.3 Å². The smallest absolute Gasteiger partial charge is 0.321 e. The summed E-state index contributed by atoms with van der Waals surface area (Å²) in [6.07, 6.45) is 0.783. The Labute approximate surface area is 147 Å². The number of para-hydroxylation sites is 1. The lowest BCUT2D eigenvalue weighted by atomic mass is 10.2. The molecule has 0 aliphatic heterocycles. The molecule has 6 nitrogen and oxygen atoms in total. The standard InChI is InChI=1S/C19H21N3O3/c1-22(12-5-13-24-2)19(23)21-16-8-10-17(11-9-16)25-18-7-4-3-6-15(18)14-20/h3-4,6-11H,5,12-13H2,1-2H3,(H,21,23). The van der Waals surface area contributed by atoms with Crippen LogP contribution >= 0.6 is 0 Å². The molecular formula is C19H21N3O3. The van der Waals surface area contributed by atoms with Crippen molar-refractivity contribution < 1.29 is 14.3 Å². The van der Waals surface area contributed by atoms with Gasteiger partial charge in [-0.2, -0.15) is 5.26 Å². The Bertz CT molecular complexity index is 738. The molecule has 0 saturated heterocycles. The molecule has 1 N–H and O–H groups in total. The molecule has 0 aliphatic carbocycles. The minimum Gasteiger partial charge on any atom is -0.456 e. The lowest BCUT2D eigenvalue weighted by Gasteiger charge is -2.17. The summed E-state index contributed by atoms with van der Waals surface area (Å²) in [4.78, 5) is 13.7. The Morgan fingerprint density at radius 3 is 2.60 bits per heavy atom. The normalized spacial score (nSPS) is 9.96. The van der Waals surface area contributed by atoms with Gasteiger partial charge in [-0.25, -0.2) is 4.79 Å². The molecule has 2 aromatic rings. The Hall–Kier alpha value is -3.04. The molecule has 2 rings (SSSR count). The zero-order valence-corrected chi connectivity index (χ0v) is 14.4. The number of amides is 2. The number of ether oxygens (including phenoxy) is 2. The second-order valence-corrected chi connectivity index (χ2v) is 5.43. The van der Waals surface area contributed by atoms with E-state index in [1.807, 2.05) is 6.07 Å². The average Bonchev–Trinajstić information content (AvgIpc) is 2.64. The number of carbonyl (C=O) groups excluding carboxylic acids is 1. The number of nitriles is 1. The molecule has 0 heterocycles. The van der Waals surface area contributed by atoms with E-state index in [4.69, 9.17) is 14.7 Å². The highest BCUT2D eigenvalue weighted by Crippen LogP contribution is 2.25. The Kier molecular flexibility index (Phi) is 6.81. The number of rotatable bonds is 7. The van der Waals surface area contributed by atoms with Gasteiger partial charge < -0.3 is 19.7 Å². The van der Waals surface area contributed by atoms with E-state index in [0.717, 1.165) is 6.42 Å². The largest absolute Gasteiger partial charge is 0.456 e. The summed E-state index contributed by atoms with van der Waals surface area (Å²) in [5, 5.41) is 11.9. The van der Waals surface area contributed by atoms with Crippen molar-refractivity contribution in [2.45, 2.75) is 6.42 Å².